The molecule has 39 heavy (non-hydrogen) atoms. The van der Waals surface area contributed by atoms with Gasteiger partial charge in [0, 0.05) is 29.5 Å². The number of anilines is 1. The van der Waals surface area contributed by atoms with Gasteiger partial charge in [-0.1, -0.05) is 47.6 Å². The SMILES string of the molecule is COCc1onc(-c2cccc(C#N)c2)c1C(=O)Nc1ccc(-c2ccccc2S(=O)(=O)NC(C)(C)C)cc1. The summed E-state index contributed by atoms with van der Waals surface area (Å²) in [7, 11) is -2.29. The summed E-state index contributed by atoms with van der Waals surface area (Å²) in [6.45, 7) is 5.37. The lowest BCUT2D eigenvalue weighted by Gasteiger charge is -2.21. The van der Waals surface area contributed by atoms with E-state index in [4.69, 9.17) is 9.26 Å². The van der Waals surface area contributed by atoms with Crippen molar-refractivity contribution in [2.75, 3.05) is 12.4 Å². The van der Waals surface area contributed by atoms with E-state index in [1.54, 1.807) is 93.6 Å². The van der Waals surface area contributed by atoms with Crippen molar-refractivity contribution in [1.29, 1.82) is 5.26 Å². The smallest absolute Gasteiger partial charge is 0.261 e. The number of nitrogens with zero attached hydrogens (tertiary/aromatic N) is 2. The number of nitriles is 1. The van der Waals surface area contributed by atoms with Crippen LogP contribution in [0.25, 0.3) is 22.4 Å². The van der Waals surface area contributed by atoms with Crippen LogP contribution in [0, 0.1) is 11.3 Å². The molecule has 9 nitrogen and oxygen atoms in total. The maximum absolute atomic E-state index is 13.4. The van der Waals surface area contributed by atoms with Gasteiger partial charge in [-0.15, -0.1) is 0 Å². The first-order valence-corrected chi connectivity index (χ1v) is 13.5. The van der Waals surface area contributed by atoms with E-state index >= 15 is 0 Å². The fraction of sp³-hybridized carbons (Fsp3) is 0.207. The van der Waals surface area contributed by atoms with Crippen LogP contribution >= 0.6 is 0 Å². The molecule has 4 rings (SSSR count). The van der Waals surface area contributed by atoms with Gasteiger partial charge in [0.2, 0.25) is 10.0 Å². The maximum Gasteiger partial charge on any atom is 0.261 e. The molecule has 0 aliphatic rings. The van der Waals surface area contributed by atoms with Crippen LogP contribution in [0.15, 0.2) is 82.2 Å². The number of benzene rings is 3. The monoisotopic (exact) mass is 544 g/mol. The summed E-state index contributed by atoms with van der Waals surface area (Å²) in [5.74, 6) is -0.222. The first-order valence-electron chi connectivity index (χ1n) is 12.1. The van der Waals surface area contributed by atoms with Gasteiger partial charge in [0.15, 0.2) is 5.76 Å². The quantitative estimate of drug-likeness (QED) is 0.305. The minimum absolute atomic E-state index is 0.0283. The number of methoxy groups -OCH3 is 1. The standard InChI is InChI=1S/C29H28N4O5S/c1-29(2,3)33-39(35,36)25-11-6-5-10-23(25)20-12-14-22(15-13-20)31-28(34)26-24(18-37-4)38-32-27(26)21-9-7-8-19(16-21)17-30/h5-16,33H,18H2,1-4H3,(H,31,34). The van der Waals surface area contributed by atoms with Crippen molar-refractivity contribution in [3.05, 3.63) is 89.7 Å². The minimum Gasteiger partial charge on any atom is -0.377 e. The van der Waals surface area contributed by atoms with Crippen molar-refractivity contribution >= 4 is 21.6 Å². The lowest BCUT2D eigenvalue weighted by atomic mass is 10.0. The maximum atomic E-state index is 13.4. The van der Waals surface area contributed by atoms with Crippen molar-refractivity contribution < 1.29 is 22.5 Å². The molecule has 200 valence electrons. The molecule has 10 heteroatoms. The lowest BCUT2D eigenvalue weighted by Crippen LogP contribution is -2.40. The Hall–Kier alpha value is -4.30. The number of carbonyl (C=O) groups excluding carboxylic acids is 1. The highest BCUT2D eigenvalue weighted by Gasteiger charge is 2.26. The Bertz CT molecular complexity index is 1650. The average Bonchev–Trinajstić information content (AvgIpc) is 3.32. The van der Waals surface area contributed by atoms with Gasteiger partial charge in [0.1, 0.15) is 17.9 Å². The molecule has 0 bridgehead atoms. The molecule has 0 fully saturated rings. The molecule has 1 aromatic heterocycles. The number of carbonyl (C=O) groups is 1. The average molecular weight is 545 g/mol. The molecule has 0 saturated carbocycles. The summed E-state index contributed by atoms with van der Waals surface area (Å²) in [4.78, 5) is 13.5. The second-order valence-electron chi connectivity index (χ2n) is 9.84. The van der Waals surface area contributed by atoms with E-state index in [-0.39, 0.29) is 22.8 Å². The number of hydrogen-bond donors (Lipinski definition) is 2. The number of sulfonamides is 1. The second kappa shape index (κ2) is 11.2. The first kappa shape index (κ1) is 27.7. The molecule has 0 aliphatic carbocycles. The van der Waals surface area contributed by atoms with Crippen molar-refractivity contribution in [3.63, 3.8) is 0 Å². The molecule has 0 atom stereocenters. The van der Waals surface area contributed by atoms with Gasteiger partial charge in [0.05, 0.1) is 16.5 Å². The molecule has 0 radical (unpaired) electrons. The Kier molecular flexibility index (Phi) is 7.97. The lowest BCUT2D eigenvalue weighted by molar-refractivity contribution is 0.101. The van der Waals surface area contributed by atoms with Crippen LogP contribution in [-0.4, -0.2) is 32.1 Å². The summed E-state index contributed by atoms with van der Waals surface area (Å²) < 4.78 is 39.4. The molecule has 0 aliphatic heterocycles. The van der Waals surface area contributed by atoms with Crippen LogP contribution < -0.4 is 10.0 Å². The Morgan fingerprint density at radius 1 is 1.03 bits per heavy atom. The summed E-state index contributed by atoms with van der Waals surface area (Å²) in [6, 6.07) is 22.4. The molecule has 1 heterocycles. The second-order valence-corrected chi connectivity index (χ2v) is 11.5. The van der Waals surface area contributed by atoms with Gasteiger partial charge >= 0.3 is 0 Å². The Morgan fingerprint density at radius 3 is 2.41 bits per heavy atom. The van der Waals surface area contributed by atoms with Crippen molar-refractivity contribution in [1.82, 2.24) is 9.88 Å². The van der Waals surface area contributed by atoms with Gasteiger partial charge in [-0.3, -0.25) is 4.79 Å². The predicted octanol–water partition coefficient (Wildman–Crippen LogP) is 5.36. The third-order valence-corrected chi connectivity index (χ3v) is 7.42. The van der Waals surface area contributed by atoms with E-state index in [9.17, 15) is 18.5 Å². The summed E-state index contributed by atoms with van der Waals surface area (Å²) in [5.41, 5.74) is 2.51. The van der Waals surface area contributed by atoms with Crippen molar-refractivity contribution in [2.24, 2.45) is 0 Å². The van der Waals surface area contributed by atoms with Gasteiger partial charge in [-0.05, 0) is 56.7 Å². The largest absolute Gasteiger partial charge is 0.377 e. The van der Waals surface area contributed by atoms with E-state index < -0.39 is 21.5 Å². The third kappa shape index (κ3) is 6.41. The summed E-state index contributed by atoms with van der Waals surface area (Å²) >= 11 is 0. The molecule has 0 unspecified atom stereocenters. The third-order valence-electron chi connectivity index (χ3n) is 5.60. The van der Waals surface area contributed by atoms with E-state index in [1.807, 2.05) is 0 Å². The molecular weight excluding hydrogens is 516 g/mol. The molecule has 1 amide bonds. The van der Waals surface area contributed by atoms with Crippen LogP contribution in [0.2, 0.25) is 0 Å². The van der Waals surface area contributed by atoms with E-state index in [0.29, 0.717) is 33.6 Å². The highest BCUT2D eigenvalue weighted by molar-refractivity contribution is 7.89. The Morgan fingerprint density at radius 2 is 1.74 bits per heavy atom. The fourth-order valence-electron chi connectivity index (χ4n) is 4.05. The van der Waals surface area contributed by atoms with Crippen molar-refractivity contribution in [3.8, 4) is 28.5 Å². The summed E-state index contributed by atoms with van der Waals surface area (Å²) in [6.07, 6.45) is 0. The van der Waals surface area contributed by atoms with Crippen LogP contribution in [0.4, 0.5) is 5.69 Å². The molecule has 4 aromatic rings. The van der Waals surface area contributed by atoms with E-state index in [0.717, 1.165) is 0 Å². The number of ether oxygens (including phenoxy) is 1. The molecule has 3 aromatic carbocycles. The molecule has 2 N–H and O–H groups in total. The number of aromatic nitrogens is 1. The van der Waals surface area contributed by atoms with E-state index in [1.165, 1.54) is 7.11 Å². The predicted molar refractivity (Wildman–Crippen MR) is 147 cm³/mol. The van der Waals surface area contributed by atoms with Crippen molar-refractivity contribution in [2.45, 2.75) is 37.8 Å². The topological polar surface area (TPSA) is 134 Å². The van der Waals surface area contributed by atoms with Crippen LogP contribution in [0.1, 0.15) is 42.5 Å². The highest BCUT2D eigenvalue weighted by Crippen LogP contribution is 2.31. The van der Waals surface area contributed by atoms with Gasteiger partial charge in [-0.25, -0.2) is 13.1 Å². The molecule has 0 spiro atoms. The normalized spacial score (nSPS) is 11.7. The van der Waals surface area contributed by atoms with Crippen LogP contribution in [-0.2, 0) is 21.4 Å². The number of nitrogens with one attached hydrogen (secondary N) is 2. The Balaban J connectivity index is 1.63. The molecular formula is C29H28N4O5S. The first-order chi connectivity index (χ1) is 18.5. The Labute approximate surface area is 227 Å². The highest BCUT2D eigenvalue weighted by atomic mass is 32.2. The van der Waals surface area contributed by atoms with Gasteiger partial charge < -0.3 is 14.6 Å². The molecule has 0 saturated heterocycles. The zero-order valence-electron chi connectivity index (χ0n) is 22.0. The van der Waals surface area contributed by atoms with Crippen LogP contribution in [0.5, 0.6) is 0 Å². The summed E-state index contributed by atoms with van der Waals surface area (Å²) in [5, 5.41) is 16.2. The van der Waals surface area contributed by atoms with E-state index in [2.05, 4.69) is 21.3 Å². The zero-order chi connectivity index (χ0) is 28.2. The zero-order valence-corrected chi connectivity index (χ0v) is 22.8. The number of hydrogen-bond acceptors (Lipinski definition) is 7. The van der Waals surface area contributed by atoms with Crippen LogP contribution in [0.3, 0.4) is 0 Å². The minimum atomic E-state index is -3.77. The fourth-order valence-corrected chi connectivity index (χ4v) is 5.69. The number of amides is 1. The number of rotatable bonds is 8. The van der Waals surface area contributed by atoms with Gasteiger partial charge in [-0.2, -0.15) is 5.26 Å². The van der Waals surface area contributed by atoms with Gasteiger partial charge in [0.25, 0.3) is 5.91 Å².